The third kappa shape index (κ3) is 4.54. The molecule has 0 amide bonds. The fourth-order valence-electron chi connectivity index (χ4n) is 3.12. The van der Waals surface area contributed by atoms with Gasteiger partial charge in [-0.25, -0.2) is 13.2 Å². The van der Waals surface area contributed by atoms with Gasteiger partial charge in [0.25, 0.3) is 0 Å². The second-order valence-corrected chi connectivity index (χ2v) is 6.58. The first-order valence-corrected chi connectivity index (χ1v) is 8.53. The summed E-state index contributed by atoms with van der Waals surface area (Å²) in [4.78, 5) is 15.1. The molecule has 0 spiro atoms. The van der Waals surface area contributed by atoms with Crippen molar-refractivity contribution in [2.24, 2.45) is 5.11 Å². The molecule has 0 radical (unpaired) electrons. The Kier molecular flexibility index (Phi) is 5.99. The molecule has 8 nitrogen and oxygen atoms in total. The van der Waals surface area contributed by atoms with Crippen molar-refractivity contribution in [3.63, 3.8) is 0 Å². The quantitative estimate of drug-likeness (QED) is 0.248. The van der Waals surface area contributed by atoms with E-state index in [4.69, 9.17) is 5.53 Å². The Labute approximate surface area is 164 Å². The maximum atomic E-state index is 13.8. The van der Waals surface area contributed by atoms with E-state index >= 15 is 0 Å². The van der Waals surface area contributed by atoms with Crippen molar-refractivity contribution in [1.82, 2.24) is 20.1 Å². The fourth-order valence-corrected chi connectivity index (χ4v) is 3.12. The van der Waals surface area contributed by atoms with Gasteiger partial charge in [-0.1, -0.05) is 5.11 Å². The summed E-state index contributed by atoms with van der Waals surface area (Å²) in [6.07, 6.45) is -5.67. The van der Waals surface area contributed by atoms with E-state index < -0.39 is 53.7 Å². The Hall–Kier alpha value is -3.12. The van der Waals surface area contributed by atoms with Gasteiger partial charge in [-0.15, -0.1) is 10.2 Å². The molecular weight excluding hydrogens is 420 g/mol. The van der Waals surface area contributed by atoms with Crippen LogP contribution in [0.5, 0.6) is 0 Å². The average Bonchev–Trinajstić information content (AvgIpc) is 3.09. The maximum absolute atomic E-state index is 13.8. The Balaban J connectivity index is 1.71. The number of nitrogens with zero attached hydrogens (tertiary/aromatic N) is 6. The summed E-state index contributed by atoms with van der Waals surface area (Å²) in [5.41, 5.74) is 8.40. The Morgan fingerprint density at radius 3 is 2.63 bits per heavy atom. The van der Waals surface area contributed by atoms with Gasteiger partial charge < -0.3 is 0 Å². The minimum Gasteiger partial charge on any atom is -0.298 e. The van der Waals surface area contributed by atoms with Crippen molar-refractivity contribution < 1.29 is 31.1 Å². The number of nitrogens with one attached hydrogen (secondary N) is 1. The third-order valence-electron chi connectivity index (χ3n) is 4.55. The van der Waals surface area contributed by atoms with Gasteiger partial charge in [-0.05, 0) is 23.6 Å². The number of ketones is 1. The average molecular weight is 433 g/mol. The van der Waals surface area contributed by atoms with Crippen LogP contribution >= 0.6 is 0 Å². The molecule has 0 fully saturated rings. The van der Waals surface area contributed by atoms with Gasteiger partial charge in [0.15, 0.2) is 17.4 Å². The van der Waals surface area contributed by atoms with Gasteiger partial charge in [0.2, 0.25) is 5.82 Å². The summed E-state index contributed by atoms with van der Waals surface area (Å²) < 4.78 is 79.7. The molecule has 1 aliphatic rings. The minimum absolute atomic E-state index is 0.0496. The highest BCUT2D eigenvalue weighted by molar-refractivity contribution is 5.85. The first-order chi connectivity index (χ1) is 14.1. The van der Waals surface area contributed by atoms with Crippen LogP contribution in [-0.4, -0.2) is 32.6 Å². The minimum atomic E-state index is -4.70. The van der Waals surface area contributed by atoms with Gasteiger partial charge in [-0.3, -0.25) is 14.7 Å². The van der Waals surface area contributed by atoms with Gasteiger partial charge in [0.05, 0.1) is 12.7 Å². The molecule has 160 valence electrons. The van der Waals surface area contributed by atoms with Gasteiger partial charge in [0, 0.05) is 29.9 Å². The molecule has 1 aromatic carbocycles. The van der Waals surface area contributed by atoms with Crippen molar-refractivity contribution in [1.29, 1.82) is 0 Å². The number of hydrogen-bond acceptors (Lipinski definition) is 5. The lowest BCUT2D eigenvalue weighted by molar-refractivity contribution is -0.148. The summed E-state index contributed by atoms with van der Waals surface area (Å²) >= 11 is 0. The van der Waals surface area contributed by atoms with E-state index in [9.17, 15) is 31.1 Å². The molecule has 1 aliphatic heterocycles. The summed E-state index contributed by atoms with van der Waals surface area (Å²) in [6.45, 7) is -0.364. The van der Waals surface area contributed by atoms with E-state index in [0.29, 0.717) is 12.1 Å². The zero-order valence-electron chi connectivity index (χ0n) is 15.0. The lowest BCUT2D eigenvalue weighted by Crippen LogP contribution is -2.46. The predicted octanol–water partition coefficient (Wildman–Crippen LogP) is 3.07. The van der Waals surface area contributed by atoms with Gasteiger partial charge >= 0.3 is 6.18 Å². The van der Waals surface area contributed by atoms with Crippen molar-refractivity contribution in [2.75, 3.05) is 0 Å². The molecule has 0 bridgehead atoms. The van der Waals surface area contributed by atoms with Crippen LogP contribution in [0.25, 0.3) is 10.4 Å². The number of azide groups is 1. The zero-order valence-corrected chi connectivity index (χ0v) is 15.0. The molecular formula is C16H13F6N7O. The molecule has 1 N–H and O–H groups in total. The van der Waals surface area contributed by atoms with E-state index in [1.54, 1.807) is 0 Å². The molecule has 1 aromatic heterocycles. The number of alkyl halides is 3. The van der Waals surface area contributed by atoms with Crippen LogP contribution in [-0.2, 0) is 30.5 Å². The van der Waals surface area contributed by atoms with Gasteiger partial charge in [-0.2, -0.15) is 13.2 Å². The number of carbonyl (C=O) groups excluding carboxylic acids is 1. The zero-order chi connectivity index (χ0) is 22.1. The van der Waals surface area contributed by atoms with Crippen molar-refractivity contribution in [2.45, 2.75) is 44.2 Å². The fraction of sp³-hybridized carbons (Fsp3) is 0.438. The number of aromatic nitrogens is 3. The normalized spacial score (nSPS) is 17.2. The molecule has 0 saturated heterocycles. The lowest BCUT2D eigenvalue weighted by atomic mass is 9.96. The molecule has 2 heterocycles. The maximum Gasteiger partial charge on any atom is 0.451 e. The number of carbonyl (C=O) groups is 1. The van der Waals surface area contributed by atoms with Gasteiger partial charge in [0.1, 0.15) is 11.6 Å². The summed E-state index contributed by atoms with van der Waals surface area (Å²) in [5.74, 6) is -5.53. The Bertz CT molecular complexity index is 1010. The van der Waals surface area contributed by atoms with Crippen LogP contribution < -0.4 is 5.32 Å². The monoisotopic (exact) mass is 433 g/mol. The smallest absolute Gasteiger partial charge is 0.298 e. The molecule has 2 aromatic rings. The number of benzene rings is 1. The number of rotatable bonds is 6. The van der Waals surface area contributed by atoms with E-state index in [0.717, 1.165) is 4.57 Å². The van der Waals surface area contributed by atoms with Crippen LogP contribution in [0.2, 0.25) is 0 Å². The Morgan fingerprint density at radius 2 is 1.97 bits per heavy atom. The summed E-state index contributed by atoms with van der Waals surface area (Å²) in [7, 11) is 0. The summed E-state index contributed by atoms with van der Waals surface area (Å²) in [6, 6.07) is -1.11. The SMILES string of the molecule is [N-]=[N+]=N[C@@H](CC(=O)C1Cc2nnc(C(F)(F)F)n2CN1)Cc1cc(F)c(F)cc1F. The van der Waals surface area contributed by atoms with Crippen LogP contribution in [0.15, 0.2) is 17.2 Å². The number of fused-ring (bicyclic) bond motifs is 1. The molecule has 30 heavy (non-hydrogen) atoms. The van der Waals surface area contributed by atoms with Crippen molar-refractivity contribution >= 4 is 5.78 Å². The van der Waals surface area contributed by atoms with E-state index in [-0.39, 0.29) is 30.9 Å². The van der Waals surface area contributed by atoms with Crippen LogP contribution in [0, 0.1) is 17.5 Å². The number of hydrogen-bond donors (Lipinski definition) is 1. The predicted molar refractivity (Wildman–Crippen MR) is 88.2 cm³/mol. The molecule has 14 heteroatoms. The van der Waals surface area contributed by atoms with Crippen LogP contribution in [0.3, 0.4) is 0 Å². The molecule has 2 atom stereocenters. The molecule has 0 saturated carbocycles. The van der Waals surface area contributed by atoms with Crippen LogP contribution in [0.1, 0.15) is 23.6 Å². The molecule has 3 rings (SSSR count). The topological polar surface area (TPSA) is 109 Å². The largest absolute Gasteiger partial charge is 0.451 e. The van der Waals surface area contributed by atoms with Crippen molar-refractivity contribution in [3.05, 3.63) is 57.2 Å². The standard InChI is InChI=1S/C16H13F6N7O/c17-9-4-11(19)10(18)2-7(9)1-8(25-28-23)3-13(30)12-5-14-26-27-15(16(20,21)22)29(14)6-24-12/h2,4,8,12,24H,1,3,5-6H2/t8-,12?/m1/s1. The van der Waals surface area contributed by atoms with Crippen molar-refractivity contribution in [3.8, 4) is 0 Å². The lowest BCUT2D eigenvalue weighted by Gasteiger charge is -2.25. The van der Waals surface area contributed by atoms with E-state index in [2.05, 4.69) is 25.5 Å². The van der Waals surface area contributed by atoms with Crippen LogP contribution in [0.4, 0.5) is 26.3 Å². The second kappa shape index (κ2) is 8.32. The third-order valence-corrected chi connectivity index (χ3v) is 4.55. The first kappa shape index (κ1) is 21.6. The second-order valence-electron chi connectivity index (χ2n) is 6.58. The molecule has 1 unspecified atom stereocenters. The summed E-state index contributed by atoms with van der Waals surface area (Å²) in [5, 5.41) is 12.6. The van der Waals surface area contributed by atoms with E-state index in [1.165, 1.54) is 0 Å². The number of Topliss-reactive ketones (excluding diaryl/α,β-unsaturated/α-hetero) is 1. The first-order valence-electron chi connectivity index (χ1n) is 8.53. The highest BCUT2D eigenvalue weighted by Gasteiger charge is 2.40. The molecule has 0 aliphatic carbocycles. The number of halogens is 6. The Morgan fingerprint density at radius 1 is 1.27 bits per heavy atom. The highest BCUT2D eigenvalue weighted by atomic mass is 19.4. The van der Waals surface area contributed by atoms with E-state index in [1.807, 2.05) is 0 Å². The highest BCUT2D eigenvalue weighted by Crippen LogP contribution is 2.29.